The van der Waals surface area contributed by atoms with Crippen molar-refractivity contribution in [2.24, 2.45) is 0 Å². The number of para-hydroxylation sites is 1. The van der Waals surface area contributed by atoms with Crippen LogP contribution >= 0.6 is 0 Å². The third-order valence-corrected chi connectivity index (χ3v) is 3.13. The van der Waals surface area contributed by atoms with Gasteiger partial charge in [0.25, 0.3) is 5.69 Å². The van der Waals surface area contributed by atoms with E-state index in [9.17, 15) is 20.0 Å². The molecule has 0 atom stereocenters. The van der Waals surface area contributed by atoms with Crippen molar-refractivity contribution in [3.8, 4) is 11.5 Å². The second kappa shape index (κ2) is 6.65. The maximum absolute atomic E-state index is 11.4. The number of hydrogen-bond acceptors (Lipinski definition) is 6. The topological polar surface area (TPSA) is 111 Å². The van der Waals surface area contributed by atoms with Gasteiger partial charge in [-0.1, -0.05) is 6.07 Å². The molecule has 0 spiro atoms. The summed E-state index contributed by atoms with van der Waals surface area (Å²) in [7, 11) is 2.81. The number of nitrogens with one attached hydrogen (secondary N) is 1. The summed E-state index contributed by atoms with van der Waals surface area (Å²) >= 11 is 0. The van der Waals surface area contributed by atoms with Crippen molar-refractivity contribution in [1.82, 2.24) is 0 Å². The molecule has 2 rings (SSSR count). The lowest BCUT2D eigenvalue weighted by atomic mass is 10.1. The molecule has 8 heteroatoms. The average molecular weight is 318 g/mol. The van der Waals surface area contributed by atoms with Crippen LogP contribution in [0.15, 0.2) is 36.4 Å². The van der Waals surface area contributed by atoms with Crippen molar-refractivity contribution in [2.45, 2.75) is 0 Å². The van der Waals surface area contributed by atoms with Crippen molar-refractivity contribution in [2.75, 3.05) is 19.5 Å². The normalized spacial score (nSPS) is 10.0. The van der Waals surface area contributed by atoms with Crippen LogP contribution in [0.5, 0.6) is 11.5 Å². The van der Waals surface area contributed by atoms with Gasteiger partial charge >= 0.3 is 5.97 Å². The van der Waals surface area contributed by atoms with Gasteiger partial charge < -0.3 is 19.9 Å². The number of nitrogens with zero attached hydrogens (tertiary/aromatic N) is 1. The first-order valence-electron chi connectivity index (χ1n) is 6.47. The number of aromatic carboxylic acids is 1. The summed E-state index contributed by atoms with van der Waals surface area (Å²) in [6, 6.07) is 8.51. The average Bonchev–Trinajstić information content (AvgIpc) is 2.54. The summed E-state index contributed by atoms with van der Waals surface area (Å²) in [5, 5.41) is 23.1. The number of nitro benzene ring substituents is 1. The third kappa shape index (κ3) is 3.31. The fourth-order valence-electron chi connectivity index (χ4n) is 2.05. The quantitative estimate of drug-likeness (QED) is 0.622. The molecule has 0 unspecified atom stereocenters. The number of nitro groups is 1. The van der Waals surface area contributed by atoms with Crippen LogP contribution in [0.25, 0.3) is 0 Å². The van der Waals surface area contributed by atoms with E-state index in [4.69, 9.17) is 9.47 Å². The molecule has 0 aromatic heterocycles. The number of hydrogen-bond donors (Lipinski definition) is 2. The predicted molar refractivity (Wildman–Crippen MR) is 82.9 cm³/mol. The number of carboxylic acids is 1. The van der Waals surface area contributed by atoms with E-state index >= 15 is 0 Å². The fraction of sp³-hybridized carbons (Fsp3) is 0.133. The van der Waals surface area contributed by atoms with E-state index in [0.29, 0.717) is 11.5 Å². The summed E-state index contributed by atoms with van der Waals surface area (Å²) in [5.74, 6) is -0.535. The Labute approximate surface area is 131 Å². The zero-order chi connectivity index (χ0) is 17.0. The maximum atomic E-state index is 11.4. The number of carbonyl (C=O) groups is 1. The van der Waals surface area contributed by atoms with Gasteiger partial charge in [-0.2, -0.15) is 0 Å². The first-order valence-corrected chi connectivity index (χ1v) is 6.47. The Balaban J connectivity index is 2.56. The monoisotopic (exact) mass is 318 g/mol. The highest BCUT2D eigenvalue weighted by Gasteiger charge is 2.18. The van der Waals surface area contributed by atoms with Gasteiger partial charge in [0, 0.05) is 12.1 Å². The Morgan fingerprint density at radius 1 is 1.17 bits per heavy atom. The molecule has 0 heterocycles. The van der Waals surface area contributed by atoms with Gasteiger partial charge in [-0.3, -0.25) is 10.1 Å². The highest BCUT2D eigenvalue weighted by atomic mass is 16.6. The molecule has 120 valence electrons. The Kier molecular flexibility index (Phi) is 4.65. The van der Waals surface area contributed by atoms with E-state index in [1.165, 1.54) is 44.6 Å². The lowest BCUT2D eigenvalue weighted by molar-refractivity contribution is -0.384. The van der Waals surface area contributed by atoms with Gasteiger partial charge in [0.1, 0.15) is 11.5 Å². The minimum absolute atomic E-state index is 0.0297. The first-order chi connectivity index (χ1) is 11.0. The number of benzene rings is 2. The van der Waals surface area contributed by atoms with Gasteiger partial charge in [0.05, 0.1) is 36.1 Å². The lowest BCUT2D eigenvalue weighted by Gasteiger charge is -2.15. The molecule has 23 heavy (non-hydrogen) atoms. The zero-order valence-electron chi connectivity index (χ0n) is 12.4. The van der Waals surface area contributed by atoms with E-state index in [1.54, 1.807) is 6.07 Å². The van der Waals surface area contributed by atoms with Gasteiger partial charge in [-0.15, -0.1) is 0 Å². The van der Waals surface area contributed by atoms with Gasteiger partial charge in [0.2, 0.25) is 0 Å². The highest BCUT2D eigenvalue weighted by molar-refractivity contribution is 5.97. The molecule has 0 aliphatic heterocycles. The van der Waals surface area contributed by atoms with Crippen molar-refractivity contribution in [1.29, 1.82) is 0 Å². The summed E-state index contributed by atoms with van der Waals surface area (Å²) in [6.07, 6.45) is 0. The van der Waals surface area contributed by atoms with E-state index in [1.807, 2.05) is 0 Å². The molecule has 8 nitrogen and oxygen atoms in total. The molecule has 2 aromatic rings. The molecule has 0 saturated heterocycles. The number of non-ortho nitro benzene ring substituents is 1. The summed E-state index contributed by atoms with van der Waals surface area (Å²) in [5.41, 5.74) is 0.257. The van der Waals surface area contributed by atoms with Gasteiger partial charge in [-0.25, -0.2) is 4.79 Å². The smallest absolute Gasteiger partial charge is 0.337 e. The largest absolute Gasteiger partial charge is 0.495 e. The highest BCUT2D eigenvalue weighted by Crippen LogP contribution is 2.36. The molecule has 0 radical (unpaired) electrons. The summed E-state index contributed by atoms with van der Waals surface area (Å²) in [6.45, 7) is 0. The molecule has 0 aliphatic rings. The molecule has 2 aromatic carbocycles. The minimum atomic E-state index is -1.16. The van der Waals surface area contributed by atoms with Crippen LogP contribution in [0.4, 0.5) is 17.1 Å². The number of rotatable bonds is 6. The Morgan fingerprint density at radius 3 is 2.43 bits per heavy atom. The number of ether oxygens (including phenoxy) is 2. The second-order valence-electron chi connectivity index (χ2n) is 4.45. The van der Waals surface area contributed by atoms with E-state index in [2.05, 4.69) is 5.32 Å². The lowest BCUT2D eigenvalue weighted by Crippen LogP contribution is -2.05. The standard InChI is InChI=1S/C15H14N2O6/c1-22-12-7-6-9(17(20)21)8-11(12)16-14-10(15(18)19)4-3-5-13(14)23-2/h3-8,16H,1-2H3,(H,18,19). The predicted octanol–water partition coefficient (Wildman–Crippen LogP) is 3.05. The maximum Gasteiger partial charge on any atom is 0.337 e. The number of methoxy groups -OCH3 is 2. The molecular weight excluding hydrogens is 304 g/mol. The molecular formula is C15H14N2O6. The number of anilines is 2. The molecule has 0 amide bonds. The second-order valence-corrected chi connectivity index (χ2v) is 4.45. The molecule has 0 aliphatic carbocycles. The van der Waals surface area contributed by atoms with Crippen LogP contribution in [-0.2, 0) is 0 Å². The molecule has 2 N–H and O–H groups in total. The van der Waals surface area contributed by atoms with E-state index in [-0.39, 0.29) is 22.6 Å². The first kappa shape index (κ1) is 16.1. The van der Waals surface area contributed by atoms with E-state index in [0.717, 1.165) is 0 Å². The SMILES string of the molecule is COc1ccc([N+](=O)[O-])cc1Nc1c(OC)cccc1C(=O)O. The number of carboxylic acid groups (broad SMARTS) is 1. The van der Waals surface area contributed by atoms with Crippen LogP contribution < -0.4 is 14.8 Å². The van der Waals surface area contributed by atoms with E-state index < -0.39 is 10.9 Å². The molecule has 0 bridgehead atoms. The van der Waals surface area contributed by atoms with Crippen LogP contribution in [-0.4, -0.2) is 30.2 Å². The van der Waals surface area contributed by atoms with Crippen molar-refractivity contribution < 1.29 is 24.3 Å². The van der Waals surface area contributed by atoms with Crippen LogP contribution in [0.1, 0.15) is 10.4 Å². The minimum Gasteiger partial charge on any atom is -0.495 e. The Bertz CT molecular complexity index is 760. The molecule has 0 saturated carbocycles. The Morgan fingerprint density at radius 2 is 1.87 bits per heavy atom. The summed E-state index contributed by atoms with van der Waals surface area (Å²) in [4.78, 5) is 21.7. The van der Waals surface area contributed by atoms with Crippen molar-refractivity contribution >= 4 is 23.0 Å². The van der Waals surface area contributed by atoms with Crippen molar-refractivity contribution in [3.63, 3.8) is 0 Å². The summed E-state index contributed by atoms with van der Waals surface area (Å²) < 4.78 is 10.3. The fourth-order valence-corrected chi connectivity index (χ4v) is 2.05. The molecule has 0 fully saturated rings. The van der Waals surface area contributed by atoms with Crippen LogP contribution in [0.2, 0.25) is 0 Å². The third-order valence-electron chi connectivity index (χ3n) is 3.13. The van der Waals surface area contributed by atoms with Crippen LogP contribution in [0.3, 0.4) is 0 Å². The van der Waals surface area contributed by atoms with Crippen LogP contribution in [0, 0.1) is 10.1 Å². The van der Waals surface area contributed by atoms with Gasteiger partial charge in [0.15, 0.2) is 0 Å². The van der Waals surface area contributed by atoms with Gasteiger partial charge in [-0.05, 0) is 18.2 Å². The zero-order valence-corrected chi connectivity index (χ0v) is 12.4. The van der Waals surface area contributed by atoms with Crippen molar-refractivity contribution in [3.05, 3.63) is 52.1 Å². The Hall–Kier alpha value is -3.29.